The highest BCUT2D eigenvalue weighted by Gasteiger charge is 2.40. The Morgan fingerprint density at radius 1 is 1.07 bits per heavy atom. The number of hydrogen-bond acceptors (Lipinski definition) is 9. The third-order valence-electron chi connectivity index (χ3n) is 7.58. The minimum atomic E-state index is -1.52. The Bertz CT molecular complexity index is 1400. The number of aliphatic hydroxyl groups excluding tert-OH is 1. The molecule has 3 rings (SSSR count). The zero-order valence-corrected chi connectivity index (χ0v) is 26.0. The molecule has 2 heterocycles. The SMILES string of the molecule is CC(C)C(NC(=O)C(CS)NC(=O)CNC(=O)C(N)Cc1c[nH]c2ccccc12)C(=O)N1CCCC1C(=O)NC(CO)C(=O)O. The van der Waals surface area contributed by atoms with Crippen LogP contribution in [0.2, 0.25) is 0 Å². The van der Waals surface area contributed by atoms with Crippen molar-refractivity contribution >= 4 is 59.0 Å². The Hall–Kier alpha value is -4.15. The molecule has 2 aromatic rings. The standard InChI is InChI=1S/C29H41N7O8S/c1-15(2)24(28(42)36-9-5-8-22(36)27(41)34-20(13-37)29(43)44)35-26(40)21(14-45)33-23(38)12-32-25(39)18(30)10-16-11-31-19-7-4-3-6-17(16)19/h3-4,6-7,11,15,18,20-22,24,31,37,45H,5,8-10,12-14,30H2,1-2H3,(H,32,39)(H,33,38)(H,34,41)(H,35,40)(H,43,44). The first-order chi connectivity index (χ1) is 21.4. The molecular weight excluding hydrogens is 606 g/mol. The summed E-state index contributed by atoms with van der Waals surface area (Å²) in [6, 6.07) is 1.95. The lowest BCUT2D eigenvalue weighted by Crippen LogP contribution is -2.59. The van der Waals surface area contributed by atoms with Gasteiger partial charge in [-0.3, -0.25) is 24.0 Å². The number of aliphatic hydroxyl groups is 1. The van der Waals surface area contributed by atoms with E-state index in [1.54, 1.807) is 20.0 Å². The second-order valence-electron chi connectivity index (χ2n) is 11.2. The fourth-order valence-corrected chi connectivity index (χ4v) is 5.33. The molecule has 0 saturated carbocycles. The number of carbonyl (C=O) groups is 6. The molecule has 5 unspecified atom stereocenters. The van der Waals surface area contributed by atoms with Crippen molar-refractivity contribution in [2.75, 3.05) is 25.4 Å². The summed E-state index contributed by atoms with van der Waals surface area (Å²) in [4.78, 5) is 80.1. The first-order valence-electron chi connectivity index (χ1n) is 14.6. The number of carboxylic acids is 1. The van der Waals surface area contributed by atoms with Crippen LogP contribution in [0.5, 0.6) is 0 Å². The number of nitrogens with two attached hydrogens (primary N) is 1. The van der Waals surface area contributed by atoms with Crippen LogP contribution in [0.25, 0.3) is 10.9 Å². The average Bonchev–Trinajstić information content (AvgIpc) is 3.67. The van der Waals surface area contributed by atoms with Crippen LogP contribution < -0.4 is 27.0 Å². The number of amides is 5. The maximum Gasteiger partial charge on any atom is 0.328 e. The fraction of sp³-hybridized carbons (Fsp3) is 0.517. The predicted octanol–water partition coefficient (Wildman–Crippen LogP) is -1.74. The summed E-state index contributed by atoms with van der Waals surface area (Å²) in [7, 11) is 0. The van der Waals surface area contributed by atoms with E-state index in [0.29, 0.717) is 6.42 Å². The number of benzene rings is 1. The quantitative estimate of drug-likeness (QED) is 0.0997. The minimum Gasteiger partial charge on any atom is -0.480 e. The predicted molar refractivity (Wildman–Crippen MR) is 167 cm³/mol. The summed E-state index contributed by atoms with van der Waals surface area (Å²) in [5, 5.41) is 29.1. The number of nitrogens with one attached hydrogen (secondary N) is 5. The van der Waals surface area contributed by atoms with E-state index in [9.17, 15) is 33.9 Å². The number of carboxylic acid groups (broad SMARTS) is 1. The van der Waals surface area contributed by atoms with Gasteiger partial charge < -0.3 is 47.1 Å². The molecule has 5 atom stereocenters. The van der Waals surface area contributed by atoms with Crippen molar-refractivity contribution in [3.05, 3.63) is 36.0 Å². The van der Waals surface area contributed by atoms with Crippen molar-refractivity contribution in [3.63, 3.8) is 0 Å². The Morgan fingerprint density at radius 3 is 2.42 bits per heavy atom. The Morgan fingerprint density at radius 2 is 1.78 bits per heavy atom. The highest BCUT2D eigenvalue weighted by Crippen LogP contribution is 2.21. The molecule has 5 amide bonds. The Labute approximate surface area is 265 Å². The van der Waals surface area contributed by atoms with Crippen LogP contribution in [0.15, 0.2) is 30.5 Å². The van der Waals surface area contributed by atoms with Crippen LogP contribution in [-0.4, -0.2) is 111 Å². The summed E-state index contributed by atoms with van der Waals surface area (Å²) in [5.74, 6) is -5.13. The van der Waals surface area contributed by atoms with Crippen LogP contribution in [-0.2, 0) is 35.2 Å². The van der Waals surface area contributed by atoms with Gasteiger partial charge in [0.2, 0.25) is 29.5 Å². The van der Waals surface area contributed by atoms with Crippen LogP contribution >= 0.6 is 12.6 Å². The van der Waals surface area contributed by atoms with Gasteiger partial charge in [-0.1, -0.05) is 32.0 Å². The Kier molecular flexibility index (Phi) is 12.8. The third kappa shape index (κ3) is 9.18. The van der Waals surface area contributed by atoms with E-state index in [0.717, 1.165) is 16.5 Å². The monoisotopic (exact) mass is 647 g/mol. The first-order valence-corrected chi connectivity index (χ1v) is 15.2. The second-order valence-corrected chi connectivity index (χ2v) is 11.6. The number of nitrogens with zero attached hydrogens (tertiary/aromatic N) is 1. The van der Waals surface area contributed by atoms with Crippen molar-refractivity contribution in [2.24, 2.45) is 11.7 Å². The number of rotatable bonds is 15. The second kappa shape index (κ2) is 16.2. The molecule has 1 aliphatic heterocycles. The largest absolute Gasteiger partial charge is 0.480 e. The van der Waals surface area contributed by atoms with Gasteiger partial charge in [0.25, 0.3) is 0 Å². The van der Waals surface area contributed by atoms with Gasteiger partial charge in [-0.05, 0) is 36.8 Å². The first kappa shape index (κ1) is 35.3. The van der Waals surface area contributed by atoms with Gasteiger partial charge in [-0.2, -0.15) is 12.6 Å². The van der Waals surface area contributed by atoms with Crippen molar-refractivity contribution in [3.8, 4) is 0 Å². The van der Waals surface area contributed by atoms with Gasteiger partial charge >= 0.3 is 5.97 Å². The molecule has 1 aromatic heterocycles. The summed E-state index contributed by atoms with van der Waals surface area (Å²) in [6.45, 7) is 2.35. The molecule has 9 N–H and O–H groups in total. The molecule has 1 aromatic carbocycles. The average molecular weight is 648 g/mol. The van der Waals surface area contributed by atoms with Crippen LogP contribution in [0.3, 0.4) is 0 Å². The minimum absolute atomic E-state index is 0.114. The van der Waals surface area contributed by atoms with Crippen molar-refractivity contribution in [1.82, 2.24) is 31.2 Å². The van der Waals surface area contributed by atoms with Crippen molar-refractivity contribution in [1.29, 1.82) is 0 Å². The van der Waals surface area contributed by atoms with Gasteiger partial charge in [0, 0.05) is 29.4 Å². The lowest BCUT2D eigenvalue weighted by atomic mass is 10.0. The van der Waals surface area contributed by atoms with Gasteiger partial charge in [0.1, 0.15) is 24.2 Å². The fourth-order valence-electron chi connectivity index (χ4n) is 5.07. The topological polar surface area (TPSA) is 236 Å². The number of fused-ring (bicyclic) bond motifs is 1. The molecule has 1 fully saturated rings. The number of likely N-dealkylation sites (tertiary alicyclic amines) is 1. The molecule has 0 radical (unpaired) electrons. The molecule has 0 bridgehead atoms. The molecule has 16 heteroatoms. The number of aromatic nitrogens is 1. The van der Waals surface area contributed by atoms with Gasteiger partial charge in [0.15, 0.2) is 0 Å². The maximum absolute atomic E-state index is 13.5. The zero-order chi connectivity index (χ0) is 33.3. The molecule has 0 spiro atoms. The normalized spacial score (nSPS) is 17.3. The van der Waals surface area contributed by atoms with E-state index in [2.05, 4.69) is 38.9 Å². The van der Waals surface area contributed by atoms with Crippen molar-refractivity contribution in [2.45, 2.75) is 63.3 Å². The lowest BCUT2D eigenvalue weighted by molar-refractivity contribution is -0.146. The number of aliphatic carboxylic acids is 1. The molecule has 0 aliphatic carbocycles. The maximum atomic E-state index is 13.5. The van der Waals surface area contributed by atoms with Crippen LogP contribution in [0.1, 0.15) is 32.3 Å². The summed E-state index contributed by atoms with van der Waals surface area (Å²) >= 11 is 4.16. The van der Waals surface area contributed by atoms with E-state index in [-0.39, 0.29) is 25.1 Å². The zero-order valence-electron chi connectivity index (χ0n) is 25.1. The van der Waals surface area contributed by atoms with E-state index in [4.69, 9.17) is 10.8 Å². The molecule has 1 aliphatic rings. The molecular formula is C29H41N7O8S. The molecule has 45 heavy (non-hydrogen) atoms. The van der Waals surface area contributed by atoms with Gasteiger partial charge in [-0.15, -0.1) is 0 Å². The third-order valence-corrected chi connectivity index (χ3v) is 7.94. The molecule has 1 saturated heterocycles. The molecule has 246 valence electrons. The lowest BCUT2D eigenvalue weighted by Gasteiger charge is -2.31. The van der Waals surface area contributed by atoms with E-state index in [1.165, 1.54) is 4.90 Å². The summed E-state index contributed by atoms with van der Waals surface area (Å²) < 4.78 is 0. The highest BCUT2D eigenvalue weighted by atomic mass is 32.1. The number of H-pyrrole nitrogens is 1. The number of thiol groups is 1. The summed E-state index contributed by atoms with van der Waals surface area (Å²) in [5.41, 5.74) is 7.83. The van der Waals surface area contributed by atoms with Crippen molar-refractivity contribution < 1.29 is 39.0 Å². The van der Waals surface area contributed by atoms with Crippen LogP contribution in [0, 0.1) is 5.92 Å². The van der Waals surface area contributed by atoms with Gasteiger partial charge in [-0.25, -0.2) is 4.79 Å². The van der Waals surface area contributed by atoms with Gasteiger partial charge in [0.05, 0.1) is 19.2 Å². The van der Waals surface area contributed by atoms with E-state index < -0.39 is 84.8 Å². The number of para-hydroxylation sites is 1. The number of carbonyl (C=O) groups excluding carboxylic acids is 5. The van der Waals surface area contributed by atoms with Crippen LogP contribution in [0.4, 0.5) is 0 Å². The van der Waals surface area contributed by atoms with E-state index >= 15 is 0 Å². The highest BCUT2D eigenvalue weighted by molar-refractivity contribution is 7.80. The smallest absolute Gasteiger partial charge is 0.328 e. The Balaban J connectivity index is 1.54. The molecule has 15 nitrogen and oxygen atoms in total. The van der Waals surface area contributed by atoms with E-state index in [1.807, 2.05) is 24.3 Å². The summed E-state index contributed by atoms with van der Waals surface area (Å²) in [6.07, 6.45) is 2.78. The number of hydrogen-bond donors (Lipinski definition) is 9. The number of aromatic amines is 1.